The summed E-state index contributed by atoms with van der Waals surface area (Å²) in [6, 6.07) is 2.02. The van der Waals surface area contributed by atoms with E-state index < -0.39 is 23.6 Å². The Bertz CT molecular complexity index is 393. The number of carboxylic acid groups (broad SMARTS) is 1. The average Bonchev–Trinajstić information content (AvgIpc) is 2.19. The van der Waals surface area contributed by atoms with Gasteiger partial charge in [-0.25, -0.2) is 13.6 Å². The molecule has 0 amide bonds. The van der Waals surface area contributed by atoms with Crippen LogP contribution in [-0.4, -0.2) is 17.1 Å². The molecule has 0 aliphatic carbocycles. The Morgan fingerprint density at radius 1 is 1.47 bits per heavy atom. The fourth-order valence-electron chi connectivity index (χ4n) is 0.987. The molecule has 0 aliphatic rings. The molecule has 1 atom stereocenters. The van der Waals surface area contributed by atoms with Gasteiger partial charge < -0.3 is 10.4 Å². The third kappa shape index (κ3) is 2.77. The number of rotatable bonds is 4. The molecule has 0 aliphatic heterocycles. The van der Waals surface area contributed by atoms with Crippen molar-refractivity contribution in [1.82, 2.24) is 0 Å². The predicted octanol–water partition coefficient (Wildman–Crippen LogP) is 2.02. The van der Waals surface area contributed by atoms with Gasteiger partial charge in [-0.2, -0.15) is 0 Å². The molecule has 1 aromatic carbocycles. The van der Waals surface area contributed by atoms with E-state index >= 15 is 0 Å². The van der Waals surface area contributed by atoms with E-state index in [4.69, 9.17) is 5.11 Å². The van der Waals surface area contributed by atoms with Crippen LogP contribution in [0.1, 0.15) is 0 Å². The summed E-state index contributed by atoms with van der Waals surface area (Å²) in [5.74, 6) is -3.16. The molecule has 0 heterocycles. The molecule has 3 nitrogen and oxygen atoms in total. The summed E-state index contributed by atoms with van der Waals surface area (Å²) in [7, 11) is 0. The lowest BCUT2D eigenvalue weighted by atomic mass is 10.2. The quantitative estimate of drug-likeness (QED) is 0.752. The third-order valence-corrected chi connectivity index (χ3v) is 1.74. The van der Waals surface area contributed by atoms with Crippen LogP contribution in [0, 0.1) is 11.6 Å². The Hall–Kier alpha value is -1.91. The van der Waals surface area contributed by atoms with Crippen LogP contribution >= 0.6 is 0 Å². The summed E-state index contributed by atoms with van der Waals surface area (Å²) in [5.41, 5.74) is 0.182. The Labute approximate surface area is 85.0 Å². The normalized spacial score (nSPS) is 11.9. The van der Waals surface area contributed by atoms with E-state index in [0.717, 1.165) is 18.2 Å². The van der Waals surface area contributed by atoms with Crippen LogP contribution in [-0.2, 0) is 4.79 Å². The van der Waals surface area contributed by atoms with Crippen LogP contribution < -0.4 is 5.32 Å². The van der Waals surface area contributed by atoms with Gasteiger partial charge >= 0.3 is 5.97 Å². The van der Waals surface area contributed by atoms with Gasteiger partial charge in [0.05, 0.1) is 0 Å². The van der Waals surface area contributed by atoms with Crippen molar-refractivity contribution < 1.29 is 18.7 Å². The van der Waals surface area contributed by atoms with E-state index in [1.807, 2.05) is 0 Å². The lowest BCUT2D eigenvalue weighted by Crippen LogP contribution is -2.26. The minimum atomic E-state index is -1.14. The topological polar surface area (TPSA) is 49.3 Å². The molecule has 0 radical (unpaired) electrons. The van der Waals surface area contributed by atoms with E-state index in [-0.39, 0.29) is 5.69 Å². The number of nitrogens with one attached hydrogen (secondary N) is 1. The van der Waals surface area contributed by atoms with Gasteiger partial charge in [-0.3, -0.25) is 0 Å². The van der Waals surface area contributed by atoms with Gasteiger partial charge in [0, 0.05) is 11.8 Å². The first-order valence-corrected chi connectivity index (χ1v) is 4.11. The van der Waals surface area contributed by atoms with Crippen molar-refractivity contribution in [3.05, 3.63) is 42.5 Å². The van der Waals surface area contributed by atoms with E-state index in [9.17, 15) is 13.6 Å². The van der Waals surface area contributed by atoms with Crippen molar-refractivity contribution in [2.45, 2.75) is 6.04 Å². The van der Waals surface area contributed by atoms with Crippen molar-refractivity contribution in [1.29, 1.82) is 0 Å². The van der Waals surface area contributed by atoms with Crippen molar-refractivity contribution in [3.63, 3.8) is 0 Å². The van der Waals surface area contributed by atoms with Crippen molar-refractivity contribution in [2.24, 2.45) is 0 Å². The van der Waals surface area contributed by atoms with Crippen LogP contribution in [0.4, 0.5) is 14.5 Å². The molecule has 0 saturated heterocycles. The van der Waals surface area contributed by atoms with Crippen LogP contribution in [0.5, 0.6) is 0 Å². The number of hydrogen-bond donors (Lipinski definition) is 2. The van der Waals surface area contributed by atoms with Crippen LogP contribution in [0.2, 0.25) is 0 Å². The molecule has 2 N–H and O–H groups in total. The molecule has 1 aromatic rings. The van der Waals surface area contributed by atoms with E-state index in [0.29, 0.717) is 0 Å². The van der Waals surface area contributed by atoms with E-state index in [1.165, 1.54) is 6.07 Å². The largest absolute Gasteiger partial charge is 0.479 e. The minimum absolute atomic E-state index is 0.182. The average molecular weight is 213 g/mol. The predicted molar refractivity (Wildman–Crippen MR) is 51.6 cm³/mol. The molecule has 1 unspecified atom stereocenters. The molecular weight excluding hydrogens is 204 g/mol. The standard InChI is InChI=1S/C10H9F2NO2/c1-2-9(10(14)15)13-6-3-4-7(11)8(12)5-6/h2-5,9,13H,1H2,(H,14,15). The maximum atomic E-state index is 12.7. The molecule has 15 heavy (non-hydrogen) atoms. The van der Waals surface area contributed by atoms with Gasteiger partial charge in [-0.15, -0.1) is 6.58 Å². The second-order valence-corrected chi connectivity index (χ2v) is 2.82. The summed E-state index contributed by atoms with van der Waals surface area (Å²) in [4.78, 5) is 10.6. The van der Waals surface area contributed by atoms with Crippen LogP contribution in [0.3, 0.4) is 0 Å². The number of hydrogen-bond acceptors (Lipinski definition) is 2. The number of carboxylic acids is 1. The maximum Gasteiger partial charge on any atom is 0.330 e. The Morgan fingerprint density at radius 3 is 2.60 bits per heavy atom. The van der Waals surface area contributed by atoms with Crippen molar-refractivity contribution in [2.75, 3.05) is 5.32 Å². The van der Waals surface area contributed by atoms with Gasteiger partial charge in [-0.1, -0.05) is 6.08 Å². The first-order valence-electron chi connectivity index (χ1n) is 4.11. The molecular formula is C10H9F2NO2. The highest BCUT2D eigenvalue weighted by atomic mass is 19.2. The van der Waals surface area contributed by atoms with Gasteiger partial charge in [0.1, 0.15) is 6.04 Å². The zero-order valence-corrected chi connectivity index (χ0v) is 7.71. The van der Waals surface area contributed by atoms with Gasteiger partial charge in [0.25, 0.3) is 0 Å². The third-order valence-electron chi connectivity index (χ3n) is 1.74. The fourth-order valence-corrected chi connectivity index (χ4v) is 0.987. The molecule has 0 aromatic heterocycles. The Morgan fingerprint density at radius 2 is 2.13 bits per heavy atom. The van der Waals surface area contributed by atoms with Crippen LogP contribution in [0.15, 0.2) is 30.9 Å². The Balaban J connectivity index is 2.84. The molecule has 0 spiro atoms. The lowest BCUT2D eigenvalue weighted by molar-refractivity contribution is -0.136. The lowest BCUT2D eigenvalue weighted by Gasteiger charge is -2.11. The highest BCUT2D eigenvalue weighted by Gasteiger charge is 2.13. The number of aliphatic carboxylic acids is 1. The van der Waals surface area contributed by atoms with Gasteiger partial charge in [-0.05, 0) is 12.1 Å². The Kier molecular flexibility index (Phi) is 3.38. The highest BCUT2D eigenvalue weighted by Crippen LogP contribution is 2.14. The number of halogens is 2. The summed E-state index contributed by atoms with van der Waals surface area (Å²) < 4.78 is 25.3. The SMILES string of the molecule is C=CC(Nc1ccc(F)c(F)c1)C(=O)O. The summed E-state index contributed by atoms with van der Waals surface area (Å²) >= 11 is 0. The maximum absolute atomic E-state index is 12.7. The number of anilines is 1. The van der Waals surface area contributed by atoms with Gasteiger partial charge in [0.15, 0.2) is 11.6 Å². The molecule has 0 bridgehead atoms. The molecule has 0 fully saturated rings. The summed E-state index contributed by atoms with van der Waals surface area (Å²) in [6.07, 6.45) is 1.16. The van der Waals surface area contributed by atoms with E-state index in [2.05, 4.69) is 11.9 Å². The fraction of sp³-hybridized carbons (Fsp3) is 0.100. The number of benzene rings is 1. The smallest absolute Gasteiger partial charge is 0.330 e. The summed E-state index contributed by atoms with van der Waals surface area (Å²) in [5, 5.41) is 11.1. The van der Waals surface area contributed by atoms with Gasteiger partial charge in [0.2, 0.25) is 0 Å². The zero-order chi connectivity index (χ0) is 11.4. The minimum Gasteiger partial charge on any atom is -0.479 e. The monoisotopic (exact) mass is 213 g/mol. The second-order valence-electron chi connectivity index (χ2n) is 2.82. The summed E-state index contributed by atoms with van der Waals surface area (Å²) in [6.45, 7) is 3.31. The zero-order valence-electron chi connectivity index (χ0n) is 7.71. The molecule has 1 rings (SSSR count). The molecule has 0 saturated carbocycles. The second kappa shape index (κ2) is 4.54. The molecule has 80 valence electrons. The van der Waals surface area contributed by atoms with Crippen molar-refractivity contribution in [3.8, 4) is 0 Å². The van der Waals surface area contributed by atoms with Crippen LogP contribution in [0.25, 0.3) is 0 Å². The first-order chi connectivity index (χ1) is 7.04. The highest BCUT2D eigenvalue weighted by molar-refractivity contribution is 5.79. The molecule has 5 heteroatoms. The van der Waals surface area contributed by atoms with Crippen molar-refractivity contribution >= 4 is 11.7 Å². The first kappa shape index (κ1) is 11.2. The van der Waals surface area contributed by atoms with E-state index in [1.54, 1.807) is 0 Å². The number of carbonyl (C=O) groups is 1.